The first-order chi connectivity index (χ1) is 16.6. The molecule has 0 unspecified atom stereocenters. The number of aliphatic hydroxyl groups excluding tert-OH is 1. The normalized spacial score (nSPS) is 43.8. The van der Waals surface area contributed by atoms with Crippen molar-refractivity contribution in [1.29, 1.82) is 0 Å². The second-order valence-electron chi connectivity index (χ2n) is 15.4. The average molecular weight is 521 g/mol. The van der Waals surface area contributed by atoms with Gasteiger partial charge in [0.15, 0.2) is 8.32 Å². The lowest BCUT2D eigenvalue weighted by molar-refractivity contribution is -0.173. The molecule has 0 spiro atoms. The van der Waals surface area contributed by atoms with Gasteiger partial charge in [0.25, 0.3) is 0 Å². The van der Waals surface area contributed by atoms with E-state index in [2.05, 4.69) is 54.6 Å². The molecule has 1 N–H and O–H groups in total. The maximum Gasteiger partial charge on any atom is 0.305 e. The molecule has 0 bridgehead atoms. The molecule has 4 fully saturated rings. The Morgan fingerprint density at radius 1 is 1.03 bits per heavy atom. The van der Waals surface area contributed by atoms with Gasteiger partial charge < -0.3 is 14.3 Å². The van der Waals surface area contributed by atoms with Crippen molar-refractivity contribution in [3.63, 3.8) is 0 Å². The summed E-state index contributed by atoms with van der Waals surface area (Å²) in [7, 11) is -0.286. The first kappa shape index (κ1) is 28.6. The van der Waals surface area contributed by atoms with E-state index < -0.39 is 8.32 Å². The van der Waals surface area contributed by atoms with Gasteiger partial charge >= 0.3 is 5.97 Å². The molecule has 0 heterocycles. The molecule has 10 atom stereocenters. The number of hydrogen-bond donors (Lipinski definition) is 1. The Labute approximate surface area is 222 Å². The molecule has 4 saturated carbocycles. The number of carbonyl (C=O) groups is 1. The summed E-state index contributed by atoms with van der Waals surface area (Å²) in [4.78, 5) is 11.8. The number of esters is 1. The summed E-state index contributed by atoms with van der Waals surface area (Å²) >= 11 is 0. The Hall–Kier alpha value is -0.393. The van der Waals surface area contributed by atoms with Crippen LogP contribution >= 0.6 is 0 Å². The highest BCUT2D eigenvalue weighted by Gasteiger charge is 2.63. The van der Waals surface area contributed by atoms with Crippen LogP contribution in [0, 0.1) is 46.3 Å². The topological polar surface area (TPSA) is 55.8 Å². The minimum Gasteiger partial charge on any atom is -0.469 e. The molecule has 4 nitrogen and oxygen atoms in total. The van der Waals surface area contributed by atoms with Gasteiger partial charge in [-0.2, -0.15) is 0 Å². The molecule has 4 aliphatic rings. The molecule has 0 amide bonds. The summed E-state index contributed by atoms with van der Waals surface area (Å²) in [5.74, 6) is 3.39. The zero-order chi connectivity index (χ0) is 26.7. The number of rotatable bonds is 6. The Bertz CT molecular complexity index is 805. The molecule has 0 radical (unpaired) electrons. The van der Waals surface area contributed by atoms with Gasteiger partial charge in [-0.3, -0.25) is 4.79 Å². The van der Waals surface area contributed by atoms with Crippen LogP contribution in [0.25, 0.3) is 0 Å². The van der Waals surface area contributed by atoms with Gasteiger partial charge in [0.1, 0.15) is 0 Å². The fourth-order valence-electron chi connectivity index (χ4n) is 9.51. The van der Waals surface area contributed by atoms with Crippen LogP contribution in [0.15, 0.2) is 0 Å². The van der Waals surface area contributed by atoms with Gasteiger partial charge in [-0.1, -0.05) is 41.5 Å². The van der Waals surface area contributed by atoms with Crippen LogP contribution in [0.5, 0.6) is 0 Å². The third-order valence-electron chi connectivity index (χ3n) is 12.7. The fourth-order valence-corrected chi connectivity index (χ4v) is 10.9. The standard InChI is InChI=1S/C31H56O4Si/c1-20(10-13-27(33)34-7)23-11-12-24-28-25(15-17-31(23,24)6)30(5)16-14-22(18-21(30)19-26(28)32)35-36(8,9)29(2,3)4/h20-26,28,32H,10-19H2,1-9H3/t20-,21+,22-,23-,24+,25+,26-,28+,30+,31-/m1/s1. The molecule has 0 aliphatic heterocycles. The van der Waals surface area contributed by atoms with Gasteiger partial charge in [0, 0.05) is 12.5 Å². The summed E-state index contributed by atoms with van der Waals surface area (Å²) in [6.07, 6.45) is 11.2. The number of ether oxygens (including phenoxy) is 1. The molecule has 208 valence electrons. The summed E-state index contributed by atoms with van der Waals surface area (Å²) < 4.78 is 11.8. The van der Waals surface area contributed by atoms with Crippen molar-refractivity contribution < 1.29 is 19.1 Å². The van der Waals surface area contributed by atoms with Crippen LogP contribution in [0.1, 0.15) is 106 Å². The minimum atomic E-state index is -1.78. The van der Waals surface area contributed by atoms with Crippen LogP contribution in [0.3, 0.4) is 0 Å². The number of hydrogen-bond acceptors (Lipinski definition) is 4. The average Bonchev–Trinajstić information content (AvgIpc) is 3.14. The maximum atomic E-state index is 11.8. The molecule has 0 aromatic carbocycles. The smallest absolute Gasteiger partial charge is 0.305 e. The van der Waals surface area contributed by atoms with Crippen LogP contribution in [0.2, 0.25) is 18.1 Å². The summed E-state index contributed by atoms with van der Waals surface area (Å²) in [5.41, 5.74) is 0.636. The Morgan fingerprint density at radius 3 is 2.31 bits per heavy atom. The first-order valence-electron chi connectivity index (χ1n) is 15.1. The van der Waals surface area contributed by atoms with Crippen LogP contribution < -0.4 is 0 Å². The molecule has 0 aromatic rings. The lowest BCUT2D eigenvalue weighted by Crippen LogP contribution is -2.59. The Morgan fingerprint density at radius 2 is 1.67 bits per heavy atom. The van der Waals surface area contributed by atoms with Gasteiger partial charge in [0.2, 0.25) is 0 Å². The molecule has 0 saturated heterocycles. The van der Waals surface area contributed by atoms with Crippen LogP contribution in [-0.4, -0.2) is 38.7 Å². The van der Waals surface area contributed by atoms with Gasteiger partial charge in [0.05, 0.1) is 13.2 Å². The minimum absolute atomic E-state index is 0.0833. The predicted octanol–water partition coefficient (Wildman–Crippen LogP) is 7.60. The summed E-state index contributed by atoms with van der Waals surface area (Å²) in [5, 5.41) is 11.9. The van der Waals surface area contributed by atoms with Crippen molar-refractivity contribution in [3.8, 4) is 0 Å². The highest BCUT2D eigenvalue weighted by molar-refractivity contribution is 6.74. The SMILES string of the molecule is COC(=O)CC[C@@H](C)[C@H]1CC[C@H]2[C@@H]3[C@H](O)C[C@@H]4C[C@H](O[Si](C)(C)C(C)(C)C)CC[C@]4(C)[C@H]3CC[C@]12C. The fraction of sp³-hybridized carbons (Fsp3) is 0.968. The molecular formula is C31H56O4Si. The zero-order valence-electron chi connectivity index (χ0n) is 24.9. The van der Waals surface area contributed by atoms with E-state index in [0.29, 0.717) is 58.9 Å². The number of carbonyl (C=O) groups excluding carboxylic acids is 1. The number of aliphatic hydroxyl groups is 1. The second kappa shape index (κ2) is 9.97. The van der Waals surface area contributed by atoms with Crippen molar-refractivity contribution in [2.24, 2.45) is 46.3 Å². The van der Waals surface area contributed by atoms with Crippen molar-refractivity contribution in [2.45, 2.75) is 136 Å². The summed E-state index contributed by atoms with van der Waals surface area (Å²) in [6.45, 7) is 19.3. The largest absolute Gasteiger partial charge is 0.469 e. The quantitative estimate of drug-likeness (QED) is 0.289. The molecule has 36 heavy (non-hydrogen) atoms. The van der Waals surface area contributed by atoms with Crippen molar-refractivity contribution >= 4 is 14.3 Å². The molecule has 4 aliphatic carbocycles. The Balaban J connectivity index is 1.47. The highest BCUT2D eigenvalue weighted by atomic mass is 28.4. The van der Waals surface area contributed by atoms with E-state index in [1.807, 2.05) is 0 Å². The molecule has 0 aromatic heterocycles. The molecular weight excluding hydrogens is 464 g/mol. The Kier molecular flexibility index (Phi) is 7.93. The molecule has 4 rings (SSSR count). The van der Waals surface area contributed by atoms with E-state index in [1.54, 1.807) is 0 Å². The van der Waals surface area contributed by atoms with E-state index in [4.69, 9.17) is 9.16 Å². The van der Waals surface area contributed by atoms with E-state index in [9.17, 15) is 9.90 Å². The van der Waals surface area contributed by atoms with E-state index >= 15 is 0 Å². The number of fused-ring (bicyclic) bond motifs is 5. The zero-order valence-corrected chi connectivity index (χ0v) is 25.9. The van der Waals surface area contributed by atoms with Gasteiger partial charge in [-0.05, 0) is 122 Å². The van der Waals surface area contributed by atoms with Gasteiger partial charge in [-0.25, -0.2) is 0 Å². The second-order valence-corrected chi connectivity index (χ2v) is 20.1. The summed E-state index contributed by atoms with van der Waals surface area (Å²) in [6, 6.07) is 0. The third kappa shape index (κ3) is 4.88. The van der Waals surface area contributed by atoms with Crippen molar-refractivity contribution in [2.75, 3.05) is 7.11 Å². The van der Waals surface area contributed by atoms with E-state index in [-0.39, 0.29) is 17.1 Å². The lowest BCUT2D eigenvalue weighted by Gasteiger charge is -2.63. The van der Waals surface area contributed by atoms with Crippen molar-refractivity contribution in [1.82, 2.24) is 0 Å². The van der Waals surface area contributed by atoms with Crippen LogP contribution in [0.4, 0.5) is 0 Å². The lowest BCUT2D eigenvalue weighted by atomic mass is 9.43. The van der Waals surface area contributed by atoms with Gasteiger partial charge in [-0.15, -0.1) is 0 Å². The number of methoxy groups -OCH3 is 1. The monoisotopic (exact) mass is 520 g/mol. The molecule has 5 heteroatoms. The van der Waals surface area contributed by atoms with E-state index in [0.717, 1.165) is 19.3 Å². The van der Waals surface area contributed by atoms with Crippen LogP contribution in [-0.2, 0) is 14.0 Å². The highest BCUT2D eigenvalue weighted by Crippen LogP contribution is 2.68. The third-order valence-corrected chi connectivity index (χ3v) is 17.2. The van der Waals surface area contributed by atoms with Crippen molar-refractivity contribution in [3.05, 3.63) is 0 Å². The first-order valence-corrected chi connectivity index (χ1v) is 18.0. The predicted molar refractivity (Wildman–Crippen MR) is 149 cm³/mol. The van der Waals surface area contributed by atoms with E-state index in [1.165, 1.54) is 45.6 Å². The maximum absolute atomic E-state index is 11.8.